The summed E-state index contributed by atoms with van der Waals surface area (Å²) in [4.78, 5) is 38.7. The Morgan fingerprint density at radius 2 is 1.79 bits per heavy atom. The van der Waals surface area contributed by atoms with Crippen LogP contribution in [0, 0.1) is 11.3 Å². The molecule has 1 aliphatic heterocycles. The van der Waals surface area contributed by atoms with Gasteiger partial charge in [-0.05, 0) is 55.8 Å². The number of ketones is 1. The minimum Gasteiger partial charge on any atom is -0.494 e. The Hall–Kier alpha value is -3.66. The highest BCUT2D eigenvalue weighted by molar-refractivity contribution is 6.11. The number of imide groups is 1. The summed E-state index contributed by atoms with van der Waals surface area (Å²) < 4.78 is 5.34. The molecule has 0 saturated carbocycles. The summed E-state index contributed by atoms with van der Waals surface area (Å²) in [5, 5.41) is 11.6. The number of ether oxygens (including phenoxy) is 1. The lowest BCUT2D eigenvalue weighted by Crippen LogP contribution is -2.41. The Morgan fingerprint density at radius 1 is 1.14 bits per heavy atom. The number of nitrogens with one attached hydrogen (secondary N) is 1. The van der Waals surface area contributed by atoms with Crippen molar-refractivity contribution in [2.45, 2.75) is 19.4 Å². The van der Waals surface area contributed by atoms with E-state index < -0.39 is 17.5 Å². The highest BCUT2D eigenvalue weighted by Gasteiger charge is 2.49. The monoisotopic (exact) mass is 377 g/mol. The lowest BCUT2D eigenvalue weighted by Gasteiger charge is -2.22. The number of nitriles is 1. The molecule has 1 aliphatic rings. The molecule has 2 aromatic carbocycles. The molecule has 1 saturated heterocycles. The van der Waals surface area contributed by atoms with Crippen LogP contribution in [-0.2, 0) is 10.3 Å². The summed E-state index contributed by atoms with van der Waals surface area (Å²) >= 11 is 0. The van der Waals surface area contributed by atoms with Crippen molar-refractivity contribution in [3.05, 3.63) is 65.2 Å². The average molecular weight is 377 g/mol. The molecule has 3 amide bonds. The van der Waals surface area contributed by atoms with Gasteiger partial charge >= 0.3 is 6.03 Å². The van der Waals surface area contributed by atoms with Crippen molar-refractivity contribution < 1.29 is 19.1 Å². The Bertz CT molecular complexity index is 961. The zero-order valence-corrected chi connectivity index (χ0v) is 15.6. The molecule has 2 aromatic rings. The lowest BCUT2D eigenvalue weighted by molar-refractivity contribution is -0.130. The van der Waals surface area contributed by atoms with Crippen molar-refractivity contribution in [1.29, 1.82) is 5.26 Å². The molecule has 1 heterocycles. The van der Waals surface area contributed by atoms with Crippen molar-refractivity contribution in [1.82, 2.24) is 10.2 Å². The topological polar surface area (TPSA) is 99.5 Å². The average Bonchev–Trinajstić information content (AvgIpc) is 2.93. The number of urea groups is 1. The maximum absolute atomic E-state index is 12.9. The molecule has 7 heteroatoms. The highest BCUT2D eigenvalue weighted by Crippen LogP contribution is 2.29. The molecule has 0 radical (unpaired) electrons. The third-order valence-corrected chi connectivity index (χ3v) is 4.66. The fourth-order valence-corrected chi connectivity index (χ4v) is 3.05. The number of hydrogen-bond acceptors (Lipinski definition) is 5. The second kappa shape index (κ2) is 7.53. The number of hydrogen-bond donors (Lipinski definition) is 1. The van der Waals surface area contributed by atoms with Gasteiger partial charge < -0.3 is 10.1 Å². The molecule has 7 nitrogen and oxygen atoms in total. The standard InChI is InChI=1S/C21H19N3O4/c1-3-28-17-10-6-15(7-11-17)18(25)13-24-19(26)21(2,23-20(24)27)16-8-4-14(12-22)5-9-16/h4-11H,3,13H2,1-2H3,(H,23,27)/t21-/m1/s1. The molecule has 142 valence electrons. The molecule has 0 spiro atoms. The summed E-state index contributed by atoms with van der Waals surface area (Å²) in [5.74, 6) is -0.223. The first-order valence-corrected chi connectivity index (χ1v) is 8.80. The predicted molar refractivity (Wildman–Crippen MR) is 101 cm³/mol. The van der Waals surface area contributed by atoms with E-state index in [0.29, 0.717) is 29.0 Å². The second-order valence-corrected chi connectivity index (χ2v) is 6.52. The van der Waals surface area contributed by atoms with Crippen LogP contribution < -0.4 is 10.1 Å². The summed E-state index contributed by atoms with van der Waals surface area (Å²) in [6.45, 7) is 3.60. The number of nitrogens with zero attached hydrogens (tertiary/aromatic N) is 2. The number of benzene rings is 2. The van der Waals surface area contributed by atoms with Crippen LogP contribution in [-0.4, -0.2) is 35.8 Å². The Kier molecular flexibility index (Phi) is 5.14. The van der Waals surface area contributed by atoms with Crippen molar-refractivity contribution in [2.75, 3.05) is 13.2 Å². The SMILES string of the molecule is CCOc1ccc(C(=O)CN2C(=O)N[C@](C)(c3ccc(C#N)cc3)C2=O)cc1. The van der Waals surface area contributed by atoms with E-state index in [1.54, 1.807) is 55.5 Å². The van der Waals surface area contributed by atoms with Crippen LogP contribution in [0.5, 0.6) is 5.75 Å². The van der Waals surface area contributed by atoms with Crippen LogP contribution in [0.3, 0.4) is 0 Å². The molecule has 0 bridgehead atoms. The summed E-state index contributed by atoms with van der Waals surface area (Å²) in [6.07, 6.45) is 0. The number of rotatable bonds is 6. The molecule has 28 heavy (non-hydrogen) atoms. The van der Waals surface area contributed by atoms with Crippen molar-refractivity contribution in [3.63, 3.8) is 0 Å². The van der Waals surface area contributed by atoms with Gasteiger partial charge in [-0.15, -0.1) is 0 Å². The van der Waals surface area contributed by atoms with Gasteiger partial charge in [-0.3, -0.25) is 14.5 Å². The summed E-state index contributed by atoms with van der Waals surface area (Å²) in [6, 6.07) is 14.3. The molecule has 3 rings (SSSR count). The van der Waals surface area contributed by atoms with Crippen molar-refractivity contribution in [3.8, 4) is 11.8 Å². The highest BCUT2D eigenvalue weighted by atomic mass is 16.5. The zero-order chi connectivity index (χ0) is 20.3. The van der Waals surface area contributed by atoms with Gasteiger partial charge in [-0.25, -0.2) is 4.79 Å². The predicted octanol–water partition coefficient (Wildman–Crippen LogP) is 2.61. The van der Waals surface area contributed by atoms with Gasteiger partial charge in [-0.2, -0.15) is 5.26 Å². The molecule has 0 aliphatic carbocycles. The van der Waals surface area contributed by atoms with Crippen molar-refractivity contribution in [2.24, 2.45) is 0 Å². The van der Waals surface area contributed by atoms with Crippen molar-refractivity contribution >= 4 is 17.7 Å². The quantitative estimate of drug-likeness (QED) is 0.616. The van der Waals surface area contributed by atoms with Crippen LogP contribution in [0.2, 0.25) is 0 Å². The number of carbonyl (C=O) groups is 3. The number of carbonyl (C=O) groups excluding carboxylic acids is 3. The lowest BCUT2D eigenvalue weighted by atomic mass is 9.91. The first-order valence-electron chi connectivity index (χ1n) is 8.80. The molecule has 1 atom stereocenters. The van der Waals surface area contributed by atoms with Crippen LogP contribution in [0.4, 0.5) is 4.79 Å². The molecular weight excluding hydrogens is 358 g/mol. The smallest absolute Gasteiger partial charge is 0.325 e. The molecule has 1 fully saturated rings. The molecule has 0 unspecified atom stereocenters. The Morgan fingerprint density at radius 3 is 2.36 bits per heavy atom. The van der Waals surface area contributed by atoms with E-state index >= 15 is 0 Å². The number of Topliss-reactive ketones (excluding diaryl/α,β-unsaturated/α-hetero) is 1. The van der Waals surface area contributed by atoms with Gasteiger partial charge in [0.15, 0.2) is 5.78 Å². The minimum absolute atomic E-state index is 0.351. The fourth-order valence-electron chi connectivity index (χ4n) is 3.05. The summed E-state index contributed by atoms with van der Waals surface area (Å²) in [7, 11) is 0. The largest absolute Gasteiger partial charge is 0.494 e. The van der Waals surface area contributed by atoms with E-state index in [-0.39, 0.29) is 12.3 Å². The second-order valence-electron chi connectivity index (χ2n) is 6.52. The molecular formula is C21H19N3O4. The van der Waals surface area contributed by atoms with Crippen LogP contribution in [0.25, 0.3) is 0 Å². The molecule has 0 aromatic heterocycles. The van der Waals surface area contributed by atoms with Gasteiger partial charge in [0.2, 0.25) is 0 Å². The van der Waals surface area contributed by atoms with Crippen LogP contribution in [0.15, 0.2) is 48.5 Å². The van der Waals surface area contributed by atoms with E-state index in [1.807, 2.05) is 13.0 Å². The third-order valence-electron chi connectivity index (χ3n) is 4.66. The van der Waals surface area contributed by atoms with Crippen LogP contribution in [0.1, 0.15) is 35.3 Å². The van der Waals surface area contributed by atoms with Gasteiger partial charge in [-0.1, -0.05) is 12.1 Å². The maximum Gasteiger partial charge on any atom is 0.325 e. The van der Waals surface area contributed by atoms with Gasteiger partial charge in [0.1, 0.15) is 11.3 Å². The normalized spacial score (nSPS) is 18.5. The van der Waals surface area contributed by atoms with E-state index in [2.05, 4.69) is 5.32 Å². The van der Waals surface area contributed by atoms with E-state index in [1.165, 1.54) is 0 Å². The van der Waals surface area contributed by atoms with Gasteiger partial charge in [0.05, 0.1) is 24.8 Å². The van der Waals surface area contributed by atoms with E-state index in [4.69, 9.17) is 10.00 Å². The third kappa shape index (κ3) is 3.45. The van der Waals surface area contributed by atoms with E-state index in [9.17, 15) is 14.4 Å². The van der Waals surface area contributed by atoms with E-state index in [0.717, 1.165) is 4.90 Å². The van der Waals surface area contributed by atoms with Crippen LogP contribution >= 0.6 is 0 Å². The summed E-state index contributed by atoms with van der Waals surface area (Å²) in [5.41, 5.74) is 0.0908. The van der Waals surface area contributed by atoms with Gasteiger partial charge in [0.25, 0.3) is 5.91 Å². The fraction of sp³-hybridized carbons (Fsp3) is 0.238. The Balaban J connectivity index is 1.77. The zero-order valence-electron chi connectivity index (χ0n) is 15.6. The Labute approximate surface area is 162 Å². The first kappa shape index (κ1) is 19.1. The minimum atomic E-state index is -1.29. The molecule has 1 N–H and O–H groups in total. The van der Waals surface area contributed by atoms with Gasteiger partial charge in [0, 0.05) is 5.56 Å². The first-order chi connectivity index (χ1) is 13.4. The maximum atomic E-state index is 12.9. The number of amides is 3.